The molecule has 0 saturated carbocycles. The van der Waals surface area contributed by atoms with Crippen molar-refractivity contribution in [2.45, 2.75) is 6.92 Å². The predicted molar refractivity (Wildman–Crippen MR) is 121 cm³/mol. The Hall–Kier alpha value is -4.32. The van der Waals surface area contributed by atoms with E-state index in [1.165, 1.54) is 7.11 Å². The van der Waals surface area contributed by atoms with Gasteiger partial charge in [0.05, 0.1) is 18.2 Å². The average molecular weight is 424 g/mol. The average Bonchev–Trinajstić information content (AvgIpc) is 2.82. The summed E-state index contributed by atoms with van der Waals surface area (Å²) in [6, 6.07) is 14.3. The molecule has 0 bridgehead atoms. The van der Waals surface area contributed by atoms with Crippen molar-refractivity contribution >= 4 is 67.8 Å². The highest BCUT2D eigenvalue weighted by molar-refractivity contribution is 6.36. The largest absolute Gasteiger partial charge is 0.465 e. The van der Waals surface area contributed by atoms with Crippen LogP contribution in [0.1, 0.15) is 36.6 Å². The third-order valence-electron chi connectivity index (χ3n) is 6.05. The number of hydrogen-bond donors (Lipinski definition) is 0. The van der Waals surface area contributed by atoms with Crippen LogP contribution in [-0.4, -0.2) is 31.8 Å². The molecule has 0 heterocycles. The Morgan fingerprint density at radius 1 is 0.688 bits per heavy atom. The highest BCUT2D eigenvalue weighted by atomic mass is 16.6. The monoisotopic (exact) mass is 424 g/mol. The van der Waals surface area contributed by atoms with E-state index in [-0.39, 0.29) is 6.47 Å². The number of rotatable bonds is 4. The molecule has 32 heavy (non-hydrogen) atoms. The maximum absolute atomic E-state index is 12.5. The molecule has 6 nitrogen and oxygen atoms in total. The molecule has 0 fully saturated rings. The number of hydrogen-bond acceptors (Lipinski definition) is 6. The normalized spacial score (nSPS) is 11.3. The van der Waals surface area contributed by atoms with Gasteiger partial charge in [0.1, 0.15) is 0 Å². The number of aryl methyl sites for hydroxylation is 1. The van der Waals surface area contributed by atoms with Crippen LogP contribution in [0.25, 0.3) is 43.1 Å². The van der Waals surface area contributed by atoms with Crippen molar-refractivity contribution in [3.8, 4) is 0 Å². The smallest absolute Gasteiger partial charge is 0.346 e. The van der Waals surface area contributed by atoms with Crippen molar-refractivity contribution in [3.05, 3.63) is 70.8 Å². The summed E-state index contributed by atoms with van der Waals surface area (Å²) in [5.41, 5.74) is 1.86. The van der Waals surface area contributed by atoms with E-state index in [2.05, 4.69) is 4.74 Å². The lowest BCUT2D eigenvalue weighted by Gasteiger charge is -2.18. The van der Waals surface area contributed by atoms with Gasteiger partial charge >= 0.3 is 18.4 Å². The summed E-state index contributed by atoms with van der Waals surface area (Å²) in [4.78, 5) is 47.5. The topological polar surface area (TPSA) is 86.7 Å². The van der Waals surface area contributed by atoms with Crippen molar-refractivity contribution in [1.29, 1.82) is 0 Å². The molecule has 156 valence electrons. The van der Waals surface area contributed by atoms with Gasteiger partial charge in [-0.2, -0.15) is 0 Å². The number of ether oxygens (including phenoxy) is 2. The van der Waals surface area contributed by atoms with Gasteiger partial charge in [-0.25, -0.2) is 9.59 Å². The molecule has 0 aliphatic heterocycles. The second-order valence-electron chi connectivity index (χ2n) is 7.56. The summed E-state index contributed by atoms with van der Waals surface area (Å²) in [5, 5.41) is 6.25. The maximum Gasteiger partial charge on any atom is 0.346 e. The van der Waals surface area contributed by atoms with Crippen molar-refractivity contribution in [1.82, 2.24) is 0 Å². The lowest BCUT2D eigenvalue weighted by atomic mass is 9.85. The molecule has 0 N–H and O–H groups in total. The molecule has 5 aromatic rings. The van der Waals surface area contributed by atoms with Crippen LogP contribution in [0.3, 0.4) is 0 Å². The Morgan fingerprint density at radius 3 is 1.78 bits per heavy atom. The molecule has 0 saturated heterocycles. The van der Waals surface area contributed by atoms with Crippen LogP contribution < -0.4 is 0 Å². The molecule has 0 aliphatic carbocycles. The number of carbonyl (C=O) groups is 4. The zero-order valence-electron chi connectivity index (χ0n) is 17.2. The van der Waals surface area contributed by atoms with Gasteiger partial charge in [-0.3, -0.25) is 9.59 Å². The van der Waals surface area contributed by atoms with Crippen LogP contribution >= 0.6 is 0 Å². The Labute approximate surface area is 181 Å². The first kappa shape index (κ1) is 19.6. The van der Waals surface area contributed by atoms with Crippen LogP contribution in [0.15, 0.2) is 48.5 Å². The number of methoxy groups -OCH3 is 1. The molecule has 5 aromatic carbocycles. The first-order valence-corrected chi connectivity index (χ1v) is 9.86. The van der Waals surface area contributed by atoms with Crippen molar-refractivity contribution in [2.75, 3.05) is 7.11 Å². The van der Waals surface area contributed by atoms with Crippen LogP contribution in [0.2, 0.25) is 0 Å². The van der Waals surface area contributed by atoms with Crippen LogP contribution in [0, 0.1) is 6.92 Å². The second kappa shape index (κ2) is 7.13. The Kier molecular flexibility index (Phi) is 4.37. The van der Waals surface area contributed by atoms with Gasteiger partial charge in [0.25, 0.3) is 0 Å². The second-order valence-corrected chi connectivity index (χ2v) is 7.56. The van der Waals surface area contributed by atoms with E-state index in [4.69, 9.17) is 4.74 Å². The van der Waals surface area contributed by atoms with E-state index in [1.54, 1.807) is 24.3 Å². The van der Waals surface area contributed by atoms with Gasteiger partial charge in [-0.15, -0.1) is 0 Å². The number of carbonyl (C=O) groups excluding carboxylic acids is 4. The Balaban J connectivity index is 2.07. The van der Waals surface area contributed by atoms with Crippen molar-refractivity contribution in [3.63, 3.8) is 0 Å². The van der Waals surface area contributed by atoms with Crippen molar-refractivity contribution in [2.24, 2.45) is 0 Å². The number of benzene rings is 5. The fourth-order valence-corrected chi connectivity index (χ4v) is 4.74. The molecule has 0 aliphatic rings. The summed E-state index contributed by atoms with van der Waals surface area (Å²) >= 11 is 0. The van der Waals surface area contributed by atoms with Crippen LogP contribution in [0.4, 0.5) is 0 Å². The van der Waals surface area contributed by atoms with Crippen molar-refractivity contribution < 1.29 is 28.7 Å². The molecule has 0 radical (unpaired) electrons. The van der Waals surface area contributed by atoms with E-state index in [1.807, 2.05) is 31.2 Å². The molecule has 5 rings (SSSR count). The summed E-state index contributed by atoms with van der Waals surface area (Å²) in [5.74, 6) is -1.25. The fraction of sp³-hybridized carbons (Fsp3) is 0.0769. The highest BCUT2D eigenvalue weighted by Crippen LogP contribution is 2.43. The van der Waals surface area contributed by atoms with Gasteiger partial charge in [-0.05, 0) is 56.9 Å². The van der Waals surface area contributed by atoms with Gasteiger partial charge in [-0.1, -0.05) is 36.4 Å². The molecule has 0 spiro atoms. The third kappa shape index (κ3) is 2.53. The predicted octanol–water partition coefficient (Wildman–Crippen LogP) is 4.96. The van der Waals surface area contributed by atoms with E-state index in [0.717, 1.165) is 44.2 Å². The summed E-state index contributed by atoms with van der Waals surface area (Å²) in [6.45, 7) is 2.01. The summed E-state index contributed by atoms with van der Waals surface area (Å²) < 4.78 is 9.57. The first-order valence-electron chi connectivity index (χ1n) is 9.86. The minimum Gasteiger partial charge on any atom is -0.465 e. The molecular formula is C26H16O6. The fourth-order valence-electron chi connectivity index (χ4n) is 4.74. The first-order chi connectivity index (χ1) is 15.5. The van der Waals surface area contributed by atoms with Gasteiger partial charge in [0.2, 0.25) is 0 Å². The molecule has 0 amide bonds. The zero-order valence-corrected chi connectivity index (χ0v) is 17.2. The minimum absolute atomic E-state index is 0.123. The van der Waals surface area contributed by atoms with E-state index in [0.29, 0.717) is 27.5 Å². The molecule has 0 unspecified atom stereocenters. The lowest BCUT2D eigenvalue weighted by molar-refractivity contribution is -0.123. The maximum atomic E-state index is 12.5. The third-order valence-corrected chi connectivity index (χ3v) is 6.05. The zero-order chi connectivity index (χ0) is 22.6. The quantitative estimate of drug-likeness (QED) is 0.133. The van der Waals surface area contributed by atoms with Crippen LogP contribution in [0.5, 0.6) is 0 Å². The minimum atomic E-state index is -0.722. The summed E-state index contributed by atoms with van der Waals surface area (Å²) in [6.07, 6.45) is 0.730. The number of esters is 2. The molecular weight excluding hydrogens is 408 g/mol. The van der Waals surface area contributed by atoms with E-state index in [9.17, 15) is 19.2 Å². The van der Waals surface area contributed by atoms with E-state index < -0.39 is 11.9 Å². The molecule has 0 atom stereocenters. The SMILES string of the molecule is COC(=O)c1ccc2c3ccc(C)c4c(C(=O)OC=O)ccc(c5ccc(C=O)c1c52)c43. The molecule has 0 aromatic heterocycles. The number of aldehydes is 1. The van der Waals surface area contributed by atoms with Crippen LogP contribution in [-0.2, 0) is 14.3 Å². The van der Waals surface area contributed by atoms with Gasteiger partial charge in [0, 0.05) is 16.3 Å². The van der Waals surface area contributed by atoms with E-state index >= 15 is 0 Å². The highest BCUT2D eigenvalue weighted by Gasteiger charge is 2.22. The van der Waals surface area contributed by atoms with Gasteiger partial charge in [0.15, 0.2) is 6.29 Å². The Morgan fingerprint density at radius 2 is 1.22 bits per heavy atom. The van der Waals surface area contributed by atoms with Gasteiger partial charge < -0.3 is 9.47 Å². The Bertz CT molecular complexity index is 1590. The standard InChI is InChI=1S/C26H16O6/c1-13-3-5-15-18-8-10-20(25(29)31-2)22-14(11-27)4-6-16(24(18)22)17-7-9-19(21(13)23(15)17)26(30)32-12-28/h3-12H,1-2H3. The lowest BCUT2D eigenvalue weighted by Crippen LogP contribution is -2.06. The molecule has 6 heteroatoms. The summed E-state index contributed by atoms with van der Waals surface area (Å²) in [7, 11) is 1.30. The number of fused-ring (bicyclic) bond motifs is 2.